The molecule has 26 heavy (non-hydrogen) atoms. The molecule has 0 spiro atoms. The van der Waals surface area contributed by atoms with Crippen molar-refractivity contribution in [1.82, 2.24) is 4.72 Å². The zero-order valence-electron chi connectivity index (χ0n) is 14.3. The summed E-state index contributed by atoms with van der Waals surface area (Å²) in [7, 11) is -3.74. The van der Waals surface area contributed by atoms with Crippen LogP contribution in [0.3, 0.4) is 0 Å². The summed E-state index contributed by atoms with van der Waals surface area (Å²) < 4.78 is 28.5. The molecular weight excluding hydrogens is 346 g/mol. The van der Waals surface area contributed by atoms with E-state index in [1.807, 2.05) is 54.6 Å². The van der Waals surface area contributed by atoms with Gasteiger partial charge in [0.1, 0.15) is 5.60 Å². The lowest BCUT2D eigenvalue weighted by molar-refractivity contribution is 0.0185. The lowest BCUT2D eigenvalue weighted by atomic mass is 9.89. The molecule has 0 aromatic heterocycles. The highest BCUT2D eigenvalue weighted by molar-refractivity contribution is 7.89. The average molecular weight is 367 g/mol. The van der Waals surface area contributed by atoms with E-state index in [-0.39, 0.29) is 17.4 Å². The van der Waals surface area contributed by atoms with Crippen LogP contribution in [0.2, 0.25) is 0 Å². The smallest absolute Gasteiger partial charge is 0.241 e. The molecular formula is C21H21NO3S. The van der Waals surface area contributed by atoms with Gasteiger partial charge in [0.2, 0.25) is 10.0 Å². The van der Waals surface area contributed by atoms with Crippen LogP contribution in [-0.4, -0.2) is 20.1 Å². The molecule has 1 saturated carbocycles. The fourth-order valence-corrected chi connectivity index (χ4v) is 4.78. The van der Waals surface area contributed by atoms with Gasteiger partial charge in [-0.1, -0.05) is 66.7 Å². The molecule has 1 aliphatic carbocycles. The van der Waals surface area contributed by atoms with Crippen molar-refractivity contribution in [2.24, 2.45) is 5.92 Å². The van der Waals surface area contributed by atoms with Gasteiger partial charge in [-0.05, 0) is 35.8 Å². The van der Waals surface area contributed by atoms with Crippen LogP contribution < -0.4 is 4.72 Å². The Bertz CT molecular complexity index is 1020. The number of hydrogen-bond acceptors (Lipinski definition) is 3. The summed E-state index contributed by atoms with van der Waals surface area (Å²) in [6, 6.07) is 21.9. The molecule has 1 unspecified atom stereocenters. The number of nitrogens with one attached hydrogen (secondary N) is 1. The summed E-state index contributed by atoms with van der Waals surface area (Å²) in [6.07, 6.45) is 1.81. The van der Waals surface area contributed by atoms with E-state index in [0.717, 1.165) is 23.8 Å². The van der Waals surface area contributed by atoms with E-state index in [1.54, 1.807) is 18.2 Å². The van der Waals surface area contributed by atoms with Crippen molar-refractivity contribution in [3.63, 3.8) is 0 Å². The van der Waals surface area contributed by atoms with Crippen molar-refractivity contribution in [3.8, 4) is 0 Å². The molecule has 1 atom stereocenters. The standard InChI is InChI=1S/C21H21NO3S/c23-21(18-13-14-18,17-9-2-1-3-10-17)15-22-26(24,25)20-12-6-8-16-7-4-5-11-19(16)20/h1-12,18,22-23H,13-15H2. The van der Waals surface area contributed by atoms with Crippen LogP contribution in [0.15, 0.2) is 77.7 Å². The van der Waals surface area contributed by atoms with Crippen molar-refractivity contribution in [3.05, 3.63) is 78.4 Å². The molecule has 0 bridgehead atoms. The molecule has 134 valence electrons. The largest absolute Gasteiger partial charge is 0.383 e. The summed E-state index contributed by atoms with van der Waals surface area (Å²) in [5.41, 5.74) is -0.429. The maximum atomic E-state index is 12.9. The summed E-state index contributed by atoms with van der Waals surface area (Å²) in [4.78, 5) is 0.238. The van der Waals surface area contributed by atoms with Gasteiger partial charge in [0.25, 0.3) is 0 Å². The minimum absolute atomic E-state index is 0.0345. The van der Waals surface area contributed by atoms with Crippen LogP contribution in [0.1, 0.15) is 18.4 Å². The van der Waals surface area contributed by atoms with Crippen molar-refractivity contribution in [1.29, 1.82) is 0 Å². The van der Waals surface area contributed by atoms with Crippen molar-refractivity contribution < 1.29 is 13.5 Å². The van der Waals surface area contributed by atoms with Crippen molar-refractivity contribution in [2.75, 3.05) is 6.54 Å². The minimum Gasteiger partial charge on any atom is -0.383 e. The predicted octanol–water partition coefficient (Wildman–Crippen LogP) is 3.42. The van der Waals surface area contributed by atoms with E-state index in [2.05, 4.69) is 4.72 Å². The third-order valence-electron chi connectivity index (χ3n) is 5.10. The second-order valence-corrected chi connectivity index (χ2v) is 8.60. The van der Waals surface area contributed by atoms with Gasteiger partial charge in [-0.3, -0.25) is 0 Å². The molecule has 2 N–H and O–H groups in total. The molecule has 5 heteroatoms. The second kappa shape index (κ2) is 6.50. The highest BCUT2D eigenvalue weighted by atomic mass is 32.2. The van der Waals surface area contributed by atoms with E-state index >= 15 is 0 Å². The lowest BCUT2D eigenvalue weighted by Gasteiger charge is -2.29. The molecule has 4 rings (SSSR count). The summed E-state index contributed by atoms with van der Waals surface area (Å²) >= 11 is 0. The van der Waals surface area contributed by atoms with E-state index in [1.165, 1.54) is 0 Å². The number of sulfonamides is 1. The topological polar surface area (TPSA) is 66.4 Å². The minimum atomic E-state index is -3.74. The summed E-state index contributed by atoms with van der Waals surface area (Å²) in [6.45, 7) is -0.0345. The quantitative estimate of drug-likeness (QED) is 0.702. The summed E-state index contributed by atoms with van der Waals surface area (Å²) in [5, 5.41) is 12.8. The van der Waals surface area contributed by atoms with Crippen molar-refractivity contribution >= 4 is 20.8 Å². The first-order chi connectivity index (χ1) is 12.5. The first kappa shape index (κ1) is 17.2. The maximum Gasteiger partial charge on any atom is 0.241 e. The second-order valence-electron chi connectivity index (χ2n) is 6.87. The van der Waals surface area contributed by atoms with Crippen molar-refractivity contribution in [2.45, 2.75) is 23.3 Å². The van der Waals surface area contributed by atoms with E-state index in [4.69, 9.17) is 0 Å². The highest BCUT2D eigenvalue weighted by Crippen LogP contribution is 2.45. The van der Waals surface area contributed by atoms with Gasteiger partial charge in [0, 0.05) is 11.9 Å². The molecule has 0 aliphatic heterocycles. The molecule has 4 nitrogen and oxygen atoms in total. The third-order valence-corrected chi connectivity index (χ3v) is 6.56. The van der Waals surface area contributed by atoms with E-state index < -0.39 is 15.6 Å². The van der Waals surface area contributed by atoms with Crippen LogP contribution in [0, 0.1) is 5.92 Å². The first-order valence-corrected chi connectivity index (χ1v) is 10.2. The SMILES string of the molecule is O=S(=O)(NCC(O)(c1ccccc1)C1CC1)c1cccc2ccccc12. The molecule has 1 aliphatic rings. The molecule has 0 heterocycles. The van der Waals surface area contributed by atoms with Crippen LogP contribution in [0.5, 0.6) is 0 Å². The molecule has 0 amide bonds. The number of benzene rings is 3. The van der Waals surface area contributed by atoms with Crippen LogP contribution in [0.4, 0.5) is 0 Å². The van der Waals surface area contributed by atoms with Gasteiger partial charge in [-0.25, -0.2) is 13.1 Å². The van der Waals surface area contributed by atoms with E-state index in [0.29, 0.717) is 5.39 Å². The molecule has 3 aromatic carbocycles. The van der Waals surface area contributed by atoms with Gasteiger partial charge >= 0.3 is 0 Å². The fourth-order valence-electron chi connectivity index (χ4n) is 3.48. The monoisotopic (exact) mass is 367 g/mol. The predicted molar refractivity (Wildman–Crippen MR) is 102 cm³/mol. The van der Waals surface area contributed by atoms with Gasteiger partial charge in [-0.2, -0.15) is 0 Å². The van der Waals surface area contributed by atoms with Gasteiger partial charge in [-0.15, -0.1) is 0 Å². The molecule has 0 saturated heterocycles. The highest BCUT2D eigenvalue weighted by Gasteiger charge is 2.45. The van der Waals surface area contributed by atoms with Crippen LogP contribution >= 0.6 is 0 Å². The Labute approximate surface area is 153 Å². The number of aliphatic hydroxyl groups is 1. The Morgan fingerprint density at radius 1 is 0.923 bits per heavy atom. The lowest BCUT2D eigenvalue weighted by Crippen LogP contribution is -2.42. The Hall–Kier alpha value is -2.21. The van der Waals surface area contributed by atoms with Crippen LogP contribution in [0.25, 0.3) is 10.8 Å². The van der Waals surface area contributed by atoms with Gasteiger partial charge in [0.15, 0.2) is 0 Å². The average Bonchev–Trinajstić information content (AvgIpc) is 3.52. The maximum absolute atomic E-state index is 12.9. The zero-order chi connectivity index (χ0) is 18.2. The van der Waals surface area contributed by atoms with E-state index in [9.17, 15) is 13.5 Å². The number of rotatable bonds is 6. The molecule has 3 aromatic rings. The number of hydrogen-bond donors (Lipinski definition) is 2. The zero-order valence-corrected chi connectivity index (χ0v) is 15.1. The Kier molecular flexibility index (Phi) is 4.31. The molecule has 1 fully saturated rings. The van der Waals surface area contributed by atoms with Gasteiger partial charge < -0.3 is 5.11 Å². The van der Waals surface area contributed by atoms with Crippen LogP contribution in [-0.2, 0) is 15.6 Å². The summed E-state index contributed by atoms with van der Waals surface area (Å²) in [5.74, 6) is 0.0834. The Morgan fingerprint density at radius 3 is 2.31 bits per heavy atom. The Morgan fingerprint density at radius 2 is 1.58 bits per heavy atom. The number of fused-ring (bicyclic) bond motifs is 1. The van der Waals surface area contributed by atoms with Gasteiger partial charge in [0.05, 0.1) is 4.90 Å². The first-order valence-electron chi connectivity index (χ1n) is 8.76. The fraction of sp³-hybridized carbons (Fsp3) is 0.238. The molecule has 0 radical (unpaired) electrons. The Balaban J connectivity index is 1.65. The normalized spacial score (nSPS) is 17.1. The third kappa shape index (κ3) is 3.14.